The average Bonchev–Trinajstić information content (AvgIpc) is 2.39. The zero-order chi connectivity index (χ0) is 17.6. The van der Waals surface area contributed by atoms with Gasteiger partial charge in [-0.3, -0.25) is 0 Å². The quantitative estimate of drug-likeness (QED) is 0.666. The van der Waals surface area contributed by atoms with Crippen molar-refractivity contribution < 1.29 is 10.2 Å². The third-order valence-corrected chi connectivity index (χ3v) is 4.18. The number of aryl methyl sites for hydroxylation is 1. The first-order chi connectivity index (χ1) is 10.4. The normalized spacial score (nSPS) is 12.5. The van der Waals surface area contributed by atoms with E-state index in [4.69, 9.17) is 0 Å². The van der Waals surface area contributed by atoms with Gasteiger partial charge < -0.3 is 10.2 Å². The molecule has 2 nitrogen and oxygen atoms in total. The Morgan fingerprint density at radius 3 is 1.70 bits per heavy atom. The van der Waals surface area contributed by atoms with Crippen LogP contribution in [0.4, 0.5) is 0 Å². The molecule has 0 aliphatic heterocycles. The molecule has 2 aromatic rings. The Morgan fingerprint density at radius 2 is 1.26 bits per heavy atom. The van der Waals surface area contributed by atoms with Gasteiger partial charge in [0, 0.05) is 5.56 Å². The third-order valence-electron chi connectivity index (χ3n) is 4.18. The maximum atomic E-state index is 10.5. The monoisotopic (exact) mass is 312 g/mol. The van der Waals surface area contributed by atoms with Crippen molar-refractivity contribution in [2.45, 2.75) is 59.3 Å². The first-order valence-electron chi connectivity index (χ1n) is 8.10. The van der Waals surface area contributed by atoms with Crippen LogP contribution in [-0.2, 0) is 10.8 Å². The third kappa shape index (κ3) is 3.36. The highest BCUT2D eigenvalue weighted by Crippen LogP contribution is 2.46. The van der Waals surface area contributed by atoms with Crippen LogP contribution < -0.4 is 0 Å². The van der Waals surface area contributed by atoms with Crippen LogP contribution in [0.3, 0.4) is 0 Å². The SMILES string of the molecule is Cc1cc(C(C)(C)C)c(-c2cccc(O)c2O)c(C(C)(C)C)c1. The van der Waals surface area contributed by atoms with Crippen LogP contribution in [0.1, 0.15) is 58.2 Å². The van der Waals surface area contributed by atoms with Crippen LogP contribution in [0.2, 0.25) is 0 Å². The van der Waals surface area contributed by atoms with E-state index < -0.39 is 0 Å². The highest BCUT2D eigenvalue weighted by Gasteiger charge is 2.28. The van der Waals surface area contributed by atoms with Crippen molar-refractivity contribution in [3.05, 3.63) is 47.0 Å². The maximum Gasteiger partial charge on any atom is 0.165 e. The second-order valence-corrected chi connectivity index (χ2v) is 8.41. The van der Waals surface area contributed by atoms with Crippen molar-refractivity contribution >= 4 is 0 Å². The Labute approximate surface area is 139 Å². The molecule has 2 N–H and O–H groups in total. The van der Waals surface area contributed by atoms with E-state index in [1.165, 1.54) is 22.8 Å². The van der Waals surface area contributed by atoms with Crippen LogP contribution >= 0.6 is 0 Å². The van der Waals surface area contributed by atoms with E-state index in [1.54, 1.807) is 6.07 Å². The van der Waals surface area contributed by atoms with Gasteiger partial charge in [0.05, 0.1) is 0 Å². The maximum absolute atomic E-state index is 10.5. The fourth-order valence-electron chi connectivity index (χ4n) is 2.99. The second kappa shape index (κ2) is 5.59. The molecule has 0 fully saturated rings. The van der Waals surface area contributed by atoms with Crippen molar-refractivity contribution in [2.75, 3.05) is 0 Å². The fourth-order valence-corrected chi connectivity index (χ4v) is 2.99. The van der Waals surface area contributed by atoms with Crippen LogP contribution in [-0.4, -0.2) is 10.2 Å². The minimum absolute atomic E-state index is 0.0487. The molecule has 0 heterocycles. The highest BCUT2D eigenvalue weighted by molar-refractivity contribution is 5.80. The Balaban J connectivity index is 2.97. The standard InChI is InChI=1S/C21H28O2/c1-13-11-15(20(2,3)4)18(16(12-13)21(5,6)7)14-9-8-10-17(22)19(14)23/h8-12,22-23H,1-7H3. The van der Waals surface area contributed by atoms with E-state index in [1.807, 2.05) is 6.07 Å². The average molecular weight is 312 g/mol. The summed E-state index contributed by atoms with van der Waals surface area (Å²) in [5, 5.41) is 20.4. The fraction of sp³-hybridized carbons (Fsp3) is 0.429. The lowest BCUT2D eigenvalue weighted by Crippen LogP contribution is -2.19. The second-order valence-electron chi connectivity index (χ2n) is 8.41. The lowest BCUT2D eigenvalue weighted by atomic mass is 9.73. The first kappa shape index (κ1) is 17.4. The molecule has 0 saturated heterocycles. The number of hydrogen-bond donors (Lipinski definition) is 2. The number of phenolic OH excluding ortho intramolecular Hbond substituents is 2. The molecule has 0 spiro atoms. The van der Waals surface area contributed by atoms with Crippen molar-refractivity contribution in [3.63, 3.8) is 0 Å². The van der Waals surface area contributed by atoms with Crippen LogP contribution in [0.5, 0.6) is 11.5 Å². The van der Waals surface area contributed by atoms with E-state index in [2.05, 4.69) is 60.6 Å². The molecule has 0 aliphatic rings. The predicted octanol–water partition coefficient (Wildman–Crippen LogP) is 5.67. The van der Waals surface area contributed by atoms with Crippen molar-refractivity contribution in [2.24, 2.45) is 0 Å². The number of benzene rings is 2. The summed E-state index contributed by atoms with van der Waals surface area (Å²) in [6.07, 6.45) is 0. The molecular weight excluding hydrogens is 284 g/mol. The lowest BCUT2D eigenvalue weighted by molar-refractivity contribution is 0.405. The van der Waals surface area contributed by atoms with Gasteiger partial charge in [-0.2, -0.15) is 0 Å². The first-order valence-corrected chi connectivity index (χ1v) is 8.10. The van der Waals surface area contributed by atoms with Gasteiger partial charge in [0.2, 0.25) is 0 Å². The minimum atomic E-state index is -0.0807. The van der Waals surface area contributed by atoms with Gasteiger partial charge in [-0.25, -0.2) is 0 Å². The Hall–Kier alpha value is -1.96. The summed E-state index contributed by atoms with van der Waals surface area (Å²) in [7, 11) is 0. The van der Waals surface area contributed by atoms with Gasteiger partial charge in [-0.1, -0.05) is 71.4 Å². The molecule has 0 saturated carbocycles. The summed E-state index contributed by atoms with van der Waals surface area (Å²) in [6, 6.07) is 9.55. The predicted molar refractivity (Wildman–Crippen MR) is 97.3 cm³/mol. The summed E-state index contributed by atoms with van der Waals surface area (Å²) in [6.45, 7) is 15.2. The van der Waals surface area contributed by atoms with Gasteiger partial charge in [-0.05, 0) is 40.5 Å². The Morgan fingerprint density at radius 1 is 0.783 bits per heavy atom. The molecule has 23 heavy (non-hydrogen) atoms. The molecule has 0 unspecified atom stereocenters. The van der Waals surface area contributed by atoms with Gasteiger partial charge in [0.15, 0.2) is 11.5 Å². The largest absolute Gasteiger partial charge is 0.504 e. The molecule has 0 aromatic heterocycles. The van der Waals surface area contributed by atoms with E-state index in [-0.39, 0.29) is 22.3 Å². The number of phenols is 2. The Bertz CT molecular complexity index is 693. The van der Waals surface area contributed by atoms with Crippen molar-refractivity contribution in [3.8, 4) is 22.6 Å². The minimum Gasteiger partial charge on any atom is -0.504 e. The van der Waals surface area contributed by atoms with Crippen LogP contribution in [0.25, 0.3) is 11.1 Å². The lowest BCUT2D eigenvalue weighted by Gasteiger charge is -2.31. The van der Waals surface area contributed by atoms with Crippen molar-refractivity contribution in [1.29, 1.82) is 0 Å². The van der Waals surface area contributed by atoms with E-state index in [0.717, 1.165) is 5.56 Å². The molecule has 0 amide bonds. The summed E-state index contributed by atoms with van der Waals surface area (Å²) in [4.78, 5) is 0. The Kier molecular flexibility index (Phi) is 4.23. The van der Waals surface area contributed by atoms with E-state index >= 15 is 0 Å². The van der Waals surface area contributed by atoms with Gasteiger partial charge in [0.1, 0.15) is 0 Å². The molecule has 0 aliphatic carbocycles. The molecular formula is C21H28O2. The molecule has 0 radical (unpaired) electrons. The van der Waals surface area contributed by atoms with Crippen LogP contribution in [0, 0.1) is 6.92 Å². The molecule has 0 atom stereocenters. The highest BCUT2D eigenvalue weighted by atomic mass is 16.3. The molecule has 2 aromatic carbocycles. The summed E-state index contributed by atoms with van der Waals surface area (Å²) in [5.41, 5.74) is 5.16. The molecule has 2 heteroatoms. The van der Waals surface area contributed by atoms with Gasteiger partial charge >= 0.3 is 0 Å². The summed E-state index contributed by atoms with van der Waals surface area (Å²) >= 11 is 0. The topological polar surface area (TPSA) is 40.5 Å². The smallest absolute Gasteiger partial charge is 0.165 e. The van der Waals surface area contributed by atoms with Gasteiger partial charge in [0.25, 0.3) is 0 Å². The zero-order valence-corrected chi connectivity index (χ0v) is 15.3. The molecule has 2 rings (SSSR count). The van der Waals surface area contributed by atoms with Gasteiger partial charge in [-0.15, -0.1) is 0 Å². The summed E-state index contributed by atoms with van der Waals surface area (Å²) in [5.74, 6) is -0.129. The zero-order valence-electron chi connectivity index (χ0n) is 15.3. The van der Waals surface area contributed by atoms with E-state index in [9.17, 15) is 10.2 Å². The number of hydrogen-bond acceptors (Lipinski definition) is 2. The van der Waals surface area contributed by atoms with E-state index in [0.29, 0.717) is 5.56 Å². The number of para-hydroxylation sites is 1. The number of aromatic hydroxyl groups is 2. The van der Waals surface area contributed by atoms with Crippen LogP contribution in [0.15, 0.2) is 30.3 Å². The molecule has 0 bridgehead atoms. The number of rotatable bonds is 1. The summed E-state index contributed by atoms with van der Waals surface area (Å²) < 4.78 is 0. The molecule has 124 valence electrons. The van der Waals surface area contributed by atoms with Crippen molar-refractivity contribution in [1.82, 2.24) is 0 Å².